The van der Waals surface area contributed by atoms with Crippen molar-refractivity contribution in [3.05, 3.63) is 103 Å². The number of hydrazone groups is 1. The lowest BCUT2D eigenvalue weighted by molar-refractivity contribution is -0.384. The number of ketones is 1. The number of rotatable bonds is 7. The highest BCUT2D eigenvalue weighted by molar-refractivity contribution is 6.48. The number of anilines is 1. The number of nitro benzene ring substituents is 1. The van der Waals surface area contributed by atoms with Crippen LogP contribution >= 0.6 is 23.2 Å². The molecule has 1 aliphatic rings. The number of carbonyl (C=O) groups is 3. The van der Waals surface area contributed by atoms with Crippen LogP contribution in [0.15, 0.2) is 65.8 Å². The number of non-ortho nitro benzene ring substituents is 1. The highest BCUT2D eigenvalue weighted by atomic mass is 35.5. The van der Waals surface area contributed by atoms with Crippen molar-refractivity contribution in [3.63, 3.8) is 0 Å². The summed E-state index contributed by atoms with van der Waals surface area (Å²) in [6.45, 7) is 0. The Labute approximate surface area is 224 Å². The van der Waals surface area contributed by atoms with Gasteiger partial charge in [0.05, 0.1) is 31.8 Å². The van der Waals surface area contributed by atoms with E-state index in [1.807, 2.05) is 0 Å². The molecule has 38 heavy (non-hydrogen) atoms. The van der Waals surface area contributed by atoms with Gasteiger partial charge in [-0.25, -0.2) is 4.79 Å². The summed E-state index contributed by atoms with van der Waals surface area (Å²) in [6.07, 6.45) is -1.28. The number of hydrogen-bond donors (Lipinski definition) is 2. The molecule has 2 atom stereocenters. The van der Waals surface area contributed by atoms with E-state index in [0.29, 0.717) is 5.56 Å². The lowest BCUT2D eigenvalue weighted by atomic mass is 9.84. The molecule has 0 aromatic heterocycles. The van der Waals surface area contributed by atoms with Crippen LogP contribution in [0.2, 0.25) is 10.0 Å². The van der Waals surface area contributed by atoms with E-state index >= 15 is 0 Å². The van der Waals surface area contributed by atoms with Crippen LogP contribution in [-0.4, -0.2) is 28.3 Å². The fraction of sp³-hybridized carbons (Fsp3) is 0.0800. The minimum Gasteiger partial charge on any atom is -0.453 e. The minimum absolute atomic E-state index is 0.0341. The van der Waals surface area contributed by atoms with Gasteiger partial charge in [-0.15, -0.1) is 0 Å². The molecule has 1 aliphatic heterocycles. The highest BCUT2D eigenvalue weighted by Crippen LogP contribution is 2.39. The van der Waals surface area contributed by atoms with Gasteiger partial charge in [-0.3, -0.25) is 19.7 Å². The van der Waals surface area contributed by atoms with E-state index in [1.165, 1.54) is 24.3 Å². The molecule has 4 rings (SSSR count). The summed E-state index contributed by atoms with van der Waals surface area (Å²) in [5, 5.41) is 26.7. The number of amides is 1. The Balaban J connectivity index is 1.78. The molecular formula is C25H15Cl2N5O6. The van der Waals surface area contributed by atoms with Gasteiger partial charge in [0.1, 0.15) is 23.8 Å². The molecule has 0 bridgehead atoms. The number of cyclic esters (lactones) is 1. The second-order valence-corrected chi connectivity index (χ2v) is 8.77. The molecule has 0 aliphatic carbocycles. The van der Waals surface area contributed by atoms with E-state index in [2.05, 4.69) is 10.4 Å². The lowest BCUT2D eigenvalue weighted by Gasteiger charge is -2.23. The third-order valence-electron chi connectivity index (χ3n) is 5.76. The van der Waals surface area contributed by atoms with Crippen molar-refractivity contribution in [1.29, 1.82) is 5.26 Å². The zero-order valence-electron chi connectivity index (χ0n) is 19.1. The fourth-order valence-corrected chi connectivity index (χ4v) is 4.27. The lowest BCUT2D eigenvalue weighted by Crippen LogP contribution is -2.39. The van der Waals surface area contributed by atoms with Gasteiger partial charge in [0, 0.05) is 23.3 Å². The first-order valence-electron chi connectivity index (χ1n) is 10.7. The van der Waals surface area contributed by atoms with E-state index in [0.717, 1.165) is 18.2 Å². The van der Waals surface area contributed by atoms with Crippen LogP contribution in [0.1, 0.15) is 37.9 Å². The van der Waals surface area contributed by atoms with Crippen molar-refractivity contribution in [2.75, 3.05) is 5.32 Å². The average molecular weight is 552 g/mol. The van der Waals surface area contributed by atoms with Crippen molar-refractivity contribution in [3.8, 4) is 6.07 Å². The molecule has 3 N–H and O–H groups in total. The summed E-state index contributed by atoms with van der Waals surface area (Å²) in [7, 11) is 0. The molecule has 0 unspecified atom stereocenters. The Morgan fingerprint density at radius 1 is 1.13 bits per heavy atom. The van der Waals surface area contributed by atoms with Crippen molar-refractivity contribution < 1.29 is 24.0 Å². The van der Waals surface area contributed by atoms with E-state index in [4.69, 9.17) is 33.8 Å². The van der Waals surface area contributed by atoms with E-state index < -0.39 is 40.3 Å². The van der Waals surface area contributed by atoms with Crippen LogP contribution in [0.4, 0.5) is 11.4 Å². The van der Waals surface area contributed by atoms with Crippen molar-refractivity contribution in [2.45, 2.75) is 6.10 Å². The summed E-state index contributed by atoms with van der Waals surface area (Å²) < 4.78 is 5.50. The SMILES string of the molecule is N#Cc1cc([N+](=O)[O-])ccc1NC(=O)/C(=N/N)[C@H](C(=O)c1ccc(Cl)c(Cl)c1)[C@H]1OC(=O)c2ccccc21. The number of nitrogens with two attached hydrogens (primary N) is 1. The third kappa shape index (κ3) is 4.90. The smallest absolute Gasteiger partial charge is 0.339 e. The predicted octanol–water partition coefficient (Wildman–Crippen LogP) is 4.44. The molecule has 11 nitrogen and oxygen atoms in total. The molecular weight excluding hydrogens is 537 g/mol. The molecule has 1 heterocycles. The predicted molar refractivity (Wildman–Crippen MR) is 137 cm³/mol. The third-order valence-corrected chi connectivity index (χ3v) is 6.50. The van der Waals surface area contributed by atoms with Gasteiger partial charge in [-0.1, -0.05) is 41.4 Å². The van der Waals surface area contributed by atoms with Gasteiger partial charge in [0.25, 0.3) is 11.6 Å². The Hall–Kier alpha value is -4.79. The van der Waals surface area contributed by atoms with Crippen molar-refractivity contribution in [1.82, 2.24) is 0 Å². The van der Waals surface area contributed by atoms with E-state index in [-0.39, 0.29) is 38.1 Å². The molecule has 13 heteroatoms. The molecule has 0 saturated carbocycles. The topological polar surface area (TPSA) is 178 Å². The zero-order chi connectivity index (χ0) is 27.6. The Morgan fingerprint density at radius 2 is 1.87 bits per heavy atom. The number of halogens is 2. The van der Waals surface area contributed by atoms with Gasteiger partial charge < -0.3 is 15.9 Å². The molecule has 0 saturated heterocycles. The van der Waals surface area contributed by atoms with Crippen LogP contribution in [-0.2, 0) is 9.53 Å². The van der Waals surface area contributed by atoms with Crippen LogP contribution in [0.3, 0.4) is 0 Å². The van der Waals surface area contributed by atoms with Crippen LogP contribution in [0.5, 0.6) is 0 Å². The number of nitrogens with zero attached hydrogens (tertiary/aromatic N) is 3. The van der Waals surface area contributed by atoms with Crippen LogP contribution in [0.25, 0.3) is 0 Å². The quantitative estimate of drug-likeness (QED) is 0.108. The highest BCUT2D eigenvalue weighted by Gasteiger charge is 2.45. The van der Waals surface area contributed by atoms with Gasteiger partial charge in [0.2, 0.25) is 0 Å². The molecule has 190 valence electrons. The van der Waals surface area contributed by atoms with Gasteiger partial charge in [-0.2, -0.15) is 10.4 Å². The monoisotopic (exact) mass is 551 g/mol. The Bertz CT molecular complexity index is 1580. The zero-order valence-corrected chi connectivity index (χ0v) is 20.6. The van der Waals surface area contributed by atoms with E-state index in [9.17, 15) is 29.8 Å². The summed E-state index contributed by atoms with van der Waals surface area (Å²) in [4.78, 5) is 50.0. The first kappa shape index (κ1) is 26.3. The van der Waals surface area contributed by atoms with Crippen molar-refractivity contribution >= 4 is 57.9 Å². The van der Waals surface area contributed by atoms with Crippen molar-refractivity contribution in [2.24, 2.45) is 16.9 Å². The maximum atomic E-state index is 13.8. The molecule has 3 aromatic carbocycles. The average Bonchev–Trinajstić information content (AvgIpc) is 3.24. The largest absolute Gasteiger partial charge is 0.453 e. The van der Waals surface area contributed by atoms with Gasteiger partial charge >= 0.3 is 5.97 Å². The molecule has 3 aromatic rings. The summed E-state index contributed by atoms with van der Waals surface area (Å²) in [5.74, 6) is 1.63. The second-order valence-electron chi connectivity index (χ2n) is 7.95. The Morgan fingerprint density at radius 3 is 2.53 bits per heavy atom. The Kier molecular flexibility index (Phi) is 7.38. The first-order valence-corrected chi connectivity index (χ1v) is 11.5. The summed E-state index contributed by atoms with van der Waals surface area (Å²) in [5.41, 5.74) is -0.636. The number of nitro groups is 1. The standard InChI is InChI=1S/C25H15Cl2N5O6/c26-17-7-5-12(10-18(17)27)22(33)20(23-15-3-1-2-4-16(15)25(35)38-23)21(31-29)24(34)30-19-8-6-14(32(36)37)9-13(19)11-28/h1-10,20,23H,29H2,(H,30,34)/b31-21+/t20-,23+/m1/s1. The number of hydrogen-bond acceptors (Lipinski definition) is 9. The second kappa shape index (κ2) is 10.7. The summed E-state index contributed by atoms with van der Waals surface area (Å²) in [6, 6.07) is 15.3. The maximum absolute atomic E-state index is 13.8. The van der Waals surface area contributed by atoms with E-state index in [1.54, 1.807) is 24.3 Å². The van der Waals surface area contributed by atoms with Gasteiger partial charge in [-0.05, 0) is 30.3 Å². The number of carbonyl (C=O) groups excluding carboxylic acids is 3. The first-order chi connectivity index (χ1) is 18.2. The van der Waals surface area contributed by atoms with Crippen LogP contribution in [0, 0.1) is 27.4 Å². The minimum atomic E-state index is -1.53. The summed E-state index contributed by atoms with van der Waals surface area (Å²) >= 11 is 12.1. The number of esters is 1. The number of nitriles is 1. The maximum Gasteiger partial charge on any atom is 0.339 e. The number of Topliss-reactive ketones (excluding diaryl/α,β-unsaturated/α-hetero) is 1. The number of fused-ring (bicyclic) bond motifs is 1. The molecule has 0 fully saturated rings. The fourth-order valence-electron chi connectivity index (χ4n) is 3.97. The molecule has 0 spiro atoms. The normalized spacial score (nSPS) is 15.1. The van der Waals surface area contributed by atoms with Crippen LogP contribution < -0.4 is 11.2 Å². The number of ether oxygens (including phenoxy) is 1. The number of nitrogens with one attached hydrogen (secondary N) is 1. The molecule has 0 radical (unpaired) electrons. The molecule has 1 amide bonds. The van der Waals surface area contributed by atoms with Gasteiger partial charge in [0.15, 0.2) is 5.78 Å². The number of benzene rings is 3.